The van der Waals surface area contributed by atoms with Crippen LogP contribution in [-0.2, 0) is 6.54 Å². The van der Waals surface area contributed by atoms with Crippen molar-refractivity contribution in [3.05, 3.63) is 107 Å². The summed E-state index contributed by atoms with van der Waals surface area (Å²) in [5.41, 5.74) is 4.78. The van der Waals surface area contributed by atoms with E-state index in [2.05, 4.69) is 15.5 Å². The SMILES string of the molecule is COc1ccccc1CN1C(=O)NC(c2ccc(F)cc2)C(c2nc(-c3ccc(C)cc3)no2)=C1C. The summed E-state index contributed by atoms with van der Waals surface area (Å²) in [6.07, 6.45) is 0. The quantitative estimate of drug-likeness (QED) is 0.369. The second-order valence-electron chi connectivity index (χ2n) is 8.62. The first-order valence-electron chi connectivity index (χ1n) is 11.5. The third-order valence-corrected chi connectivity index (χ3v) is 6.29. The van der Waals surface area contributed by atoms with Gasteiger partial charge in [-0.15, -0.1) is 0 Å². The Kier molecular flexibility index (Phi) is 6.25. The zero-order valence-corrected chi connectivity index (χ0v) is 20.2. The molecule has 1 aliphatic heterocycles. The Hall–Kier alpha value is -4.46. The second kappa shape index (κ2) is 9.65. The summed E-state index contributed by atoms with van der Waals surface area (Å²) in [5, 5.41) is 7.23. The molecule has 2 amide bonds. The standard InChI is InChI=1S/C28H25FN4O3/c1-17-8-10-20(11-9-17)26-31-27(36-32-26)24-18(2)33(16-21-6-4-5-7-23(21)35-3)28(34)30-25(24)19-12-14-22(29)15-13-19/h4-15,25H,16H2,1-3H3,(H,30,34). The molecular weight excluding hydrogens is 459 g/mol. The summed E-state index contributed by atoms with van der Waals surface area (Å²) in [7, 11) is 1.60. The van der Waals surface area contributed by atoms with Crippen LogP contribution in [0.2, 0.25) is 0 Å². The number of nitrogens with zero attached hydrogens (tertiary/aromatic N) is 3. The van der Waals surface area contributed by atoms with Crippen LogP contribution >= 0.6 is 0 Å². The van der Waals surface area contributed by atoms with E-state index in [4.69, 9.17) is 9.26 Å². The van der Waals surface area contributed by atoms with Gasteiger partial charge in [-0.2, -0.15) is 4.98 Å². The van der Waals surface area contributed by atoms with Crippen LogP contribution < -0.4 is 10.1 Å². The third-order valence-electron chi connectivity index (χ3n) is 6.29. The van der Waals surface area contributed by atoms with E-state index >= 15 is 0 Å². The molecule has 3 aromatic carbocycles. The van der Waals surface area contributed by atoms with Gasteiger partial charge in [0.2, 0.25) is 5.82 Å². The fourth-order valence-electron chi connectivity index (χ4n) is 4.31. The summed E-state index contributed by atoms with van der Waals surface area (Å²) >= 11 is 0. The molecule has 2 heterocycles. The summed E-state index contributed by atoms with van der Waals surface area (Å²) < 4.78 is 24.9. The molecular formula is C28H25FN4O3. The Labute approximate surface area is 208 Å². The molecule has 0 radical (unpaired) electrons. The Morgan fingerprint density at radius 2 is 1.75 bits per heavy atom. The fourth-order valence-corrected chi connectivity index (χ4v) is 4.31. The molecule has 36 heavy (non-hydrogen) atoms. The molecule has 8 heteroatoms. The monoisotopic (exact) mass is 484 g/mol. The topological polar surface area (TPSA) is 80.5 Å². The maximum absolute atomic E-state index is 13.7. The van der Waals surface area contributed by atoms with E-state index in [0.29, 0.717) is 28.4 Å². The highest BCUT2D eigenvalue weighted by Crippen LogP contribution is 2.38. The highest BCUT2D eigenvalue weighted by Gasteiger charge is 2.36. The van der Waals surface area contributed by atoms with Gasteiger partial charge >= 0.3 is 6.03 Å². The van der Waals surface area contributed by atoms with E-state index in [0.717, 1.165) is 16.7 Å². The lowest BCUT2D eigenvalue weighted by atomic mass is 9.94. The number of allylic oxidation sites excluding steroid dienone is 1. The van der Waals surface area contributed by atoms with Crippen LogP contribution in [0.5, 0.6) is 5.75 Å². The van der Waals surface area contributed by atoms with Gasteiger partial charge in [0.25, 0.3) is 5.89 Å². The first kappa shape index (κ1) is 23.3. The van der Waals surface area contributed by atoms with E-state index in [9.17, 15) is 9.18 Å². The van der Waals surface area contributed by atoms with Crippen molar-refractivity contribution in [1.82, 2.24) is 20.4 Å². The van der Waals surface area contributed by atoms with E-state index in [1.165, 1.54) is 12.1 Å². The van der Waals surface area contributed by atoms with Crippen LogP contribution in [0.4, 0.5) is 9.18 Å². The van der Waals surface area contributed by atoms with Crippen LogP contribution in [-0.4, -0.2) is 28.2 Å². The average Bonchev–Trinajstić information content (AvgIpc) is 3.37. The number of aromatic nitrogens is 2. The highest BCUT2D eigenvalue weighted by molar-refractivity contribution is 5.87. The molecule has 0 saturated carbocycles. The van der Waals surface area contributed by atoms with E-state index in [1.54, 1.807) is 24.1 Å². The molecule has 7 nitrogen and oxygen atoms in total. The Morgan fingerprint density at radius 1 is 1.03 bits per heavy atom. The molecule has 1 aliphatic rings. The van der Waals surface area contributed by atoms with Crippen LogP contribution in [0, 0.1) is 12.7 Å². The number of carbonyl (C=O) groups is 1. The number of amides is 2. The predicted octanol–water partition coefficient (Wildman–Crippen LogP) is 5.89. The van der Waals surface area contributed by atoms with Crippen molar-refractivity contribution in [2.24, 2.45) is 0 Å². The van der Waals surface area contributed by atoms with Gasteiger partial charge in [0, 0.05) is 16.8 Å². The van der Waals surface area contributed by atoms with E-state index < -0.39 is 6.04 Å². The summed E-state index contributed by atoms with van der Waals surface area (Å²) in [6.45, 7) is 4.13. The van der Waals surface area contributed by atoms with Gasteiger partial charge in [0.15, 0.2) is 0 Å². The lowest BCUT2D eigenvalue weighted by molar-refractivity contribution is 0.202. The number of methoxy groups -OCH3 is 1. The number of hydrogen-bond donors (Lipinski definition) is 1. The zero-order valence-electron chi connectivity index (χ0n) is 20.2. The van der Waals surface area contributed by atoms with Crippen LogP contribution in [0.1, 0.15) is 35.5 Å². The van der Waals surface area contributed by atoms with Gasteiger partial charge in [0.05, 0.1) is 25.3 Å². The number of ether oxygens (including phenoxy) is 1. The molecule has 182 valence electrons. The van der Waals surface area contributed by atoms with Gasteiger partial charge in [0.1, 0.15) is 11.6 Å². The summed E-state index contributed by atoms with van der Waals surface area (Å²) in [6, 6.07) is 20.5. The number of rotatable bonds is 6. The molecule has 0 saturated heterocycles. The Balaban J connectivity index is 1.60. The van der Waals surface area contributed by atoms with Crippen molar-refractivity contribution in [2.45, 2.75) is 26.4 Å². The van der Waals surface area contributed by atoms with Crippen molar-refractivity contribution < 1.29 is 18.4 Å². The number of nitrogens with one attached hydrogen (secondary N) is 1. The van der Waals surface area contributed by atoms with Crippen LogP contribution in [0.25, 0.3) is 17.0 Å². The van der Waals surface area contributed by atoms with Crippen molar-refractivity contribution in [3.63, 3.8) is 0 Å². The number of halogens is 1. The second-order valence-corrected chi connectivity index (χ2v) is 8.62. The number of hydrogen-bond acceptors (Lipinski definition) is 5. The van der Waals surface area contributed by atoms with E-state index in [-0.39, 0.29) is 24.3 Å². The number of benzene rings is 3. The van der Waals surface area contributed by atoms with Crippen LogP contribution in [0.3, 0.4) is 0 Å². The molecule has 0 bridgehead atoms. The third kappa shape index (κ3) is 4.45. The molecule has 0 aliphatic carbocycles. The number of para-hydroxylation sites is 1. The lowest BCUT2D eigenvalue weighted by Gasteiger charge is -2.35. The predicted molar refractivity (Wildman–Crippen MR) is 133 cm³/mol. The van der Waals surface area contributed by atoms with Crippen molar-refractivity contribution in [2.75, 3.05) is 7.11 Å². The van der Waals surface area contributed by atoms with Crippen molar-refractivity contribution in [1.29, 1.82) is 0 Å². The normalized spacial score (nSPS) is 15.7. The first-order chi connectivity index (χ1) is 17.4. The maximum atomic E-state index is 13.7. The summed E-state index contributed by atoms with van der Waals surface area (Å²) in [4.78, 5) is 19.6. The van der Waals surface area contributed by atoms with Gasteiger partial charge in [-0.1, -0.05) is 65.3 Å². The molecule has 1 unspecified atom stereocenters. The minimum atomic E-state index is -0.599. The maximum Gasteiger partial charge on any atom is 0.322 e. The Bertz CT molecular complexity index is 1430. The largest absolute Gasteiger partial charge is 0.496 e. The van der Waals surface area contributed by atoms with Crippen molar-refractivity contribution in [3.8, 4) is 17.1 Å². The van der Waals surface area contributed by atoms with Gasteiger partial charge < -0.3 is 14.6 Å². The highest BCUT2D eigenvalue weighted by atomic mass is 19.1. The smallest absolute Gasteiger partial charge is 0.322 e. The minimum absolute atomic E-state index is 0.278. The number of urea groups is 1. The number of carbonyl (C=O) groups excluding carboxylic acids is 1. The van der Waals surface area contributed by atoms with Crippen molar-refractivity contribution >= 4 is 11.6 Å². The first-order valence-corrected chi connectivity index (χ1v) is 11.5. The average molecular weight is 485 g/mol. The number of aryl methyl sites for hydroxylation is 1. The summed E-state index contributed by atoms with van der Waals surface area (Å²) in [5.74, 6) is 1.04. The lowest BCUT2D eigenvalue weighted by Crippen LogP contribution is -2.45. The van der Waals surface area contributed by atoms with Crippen LogP contribution in [0.15, 0.2) is 83.0 Å². The molecule has 1 atom stereocenters. The molecule has 0 spiro atoms. The Morgan fingerprint density at radius 3 is 2.47 bits per heavy atom. The minimum Gasteiger partial charge on any atom is -0.496 e. The van der Waals surface area contributed by atoms with E-state index in [1.807, 2.05) is 62.4 Å². The van der Waals surface area contributed by atoms with Gasteiger partial charge in [-0.3, -0.25) is 4.90 Å². The molecule has 4 aromatic rings. The molecule has 1 N–H and O–H groups in total. The molecule has 1 aromatic heterocycles. The molecule has 5 rings (SSSR count). The fraction of sp³-hybridized carbons (Fsp3) is 0.179. The van der Waals surface area contributed by atoms with Gasteiger partial charge in [-0.25, -0.2) is 9.18 Å². The van der Waals surface area contributed by atoms with Gasteiger partial charge in [-0.05, 0) is 37.6 Å². The molecule has 0 fully saturated rings. The zero-order chi connectivity index (χ0) is 25.2.